The molecule has 0 N–H and O–H groups in total. The van der Waals surface area contributed by atoms with Gasteiger partial charge in [-0.25, -0.2) is 0 Å². The number of aryl methyl sites for hydroxylation is 3. The molecule has 18 heavy (non-hydrogen) atoms. The molecule has 4 nitrogen and oxygen atoms in total. The number of nitrogens with zero attached hydrogens (tertiary/aromatic N) is 2. The molecular weight excluding hydrogens is 248 g/mol. The fourth-order valence-electron chi connectivity index (χ4n) is 1.82. The summed E-state index contributed by atoms with van der Waals surface area (Å²) in [5.74, 6) is 0.772. The van der Waals surface area contributed by atoms with Crippen LogP contribution in [0.4, 0.5) is 0 Å². The van der Waals surface area contributed by atoms with Crippen LogP contribution in [0.2, 0.25) is 0 Å². The van der Waals surface area contributed by atoms with Gasteiger partial charge in [-0.05, 0) is 55.6 Å². The van der Waals surface area contributed by atoms with Gasteiger partial charge in [0.05, 0.1) is 12.8 Å². The van der Waals surface area contributed by atoms with E-state index >= 15 is 0 Å². The number of ketones is 1. The van der Waals surface area contributed by atoms with Crippen molar-refractivity contribution in [3.05, 3.63) is 39.4 Å². The van der Waals surface area contributed by atoms with Crippen LogP contribution >= 0.6 is 11.5 Å². The number of ether oxygens (including phenoxy) is 1. The van der Waals surface area contributed by atoms with Crippen molar-refractivity contribution >= 4 is 17.3 Å². The molecule has 0 aliphatic heterocycles. The predicted molar refractivity (Wildman–Crippen MR) is 70.5 cm³/mol. The molecule has 1 aromatic carbocycles. The summed E-state index contributed by atoms with van der Waals surface area (Å²) in [7, 11) is 1.63. The van der Waals surface area contributed by atoms with Crippen molar-refractivity contribution in [2.75, 3.05) is 7.11 Å². The van der Waals surface area contributed by atoms with Crippen LogP contribution < -0.4 is 4.74 Å². The Bertz CT molecular complexity index is 605. The first kappa shape index (κ1) is 12.7. The van der Waals surface area contributed by atoms with Crippen LogP contribution in [0, 0.1) is 20.8 Å². The van der Waals surface area contributed by atoms with Crippen molar-refractivity contribution in [3.63, 3.8) is 0 Å². The van der Waals surface area contributed by atoms with Crippen molar-refractivity contribution in [2.45, 2.75) is 20.8 Å². The average Bonchev–Trinajstić information content (AvgIpc) is 2.77. The van der Waals surface area contributed by atoms with E-state index in [9.17, 15) is 4.79 Å². The maximum Gasteiger partial charge on any atom is 0.206 e. The molecule has 0 saturated carbocycles. The van der Waals surface area contributed by atoms with Crippen LogP contribution in [0.25, 0.3) is 0 Å². The van der Waals surface area contributed by atoms with E-state index < -0.39 is 0 Å². The monoisotopic (exact) mass is 262 g/mol. The van der Waals surface area contributed by atoms with Gasteiger partial charge in [-0.3, -0.25) is 4.79 Å². The number of methoxy groups -OCH3 is 1. The number of hydrogen-bond acceptors (Lipinski definition) is 5. The predicted octanol–water partition coefficient (Wildman–Crippen LogP) is 2.70. The average molecular weight is 262 g/mol. The first-order valence-electron chi connectivity index (χ1n) is 5.53. The Kier molecular flexibility index (Phi) is 3.43. The molecule has 5 heteroatoms. The van der Waals surface area contributed by atoms with Gasteiger partial charge in [-0.2, -0.15) is 0 Å². The quantitative estimate of drug-likeness (QED) is 0.798. The molecule has 0 unspecified atom stereocenters. The Hall–Kier alpha value is -1.75. The van der Waals surface area contributed by atoms with E-state index in [0.717, 1.165) is 28.4 Å². The molecule has 2 aromatic rings. The van der Waals surface area contributed by atoms with Crippen molar-refractivity contribution in [1.29, 1.82) is 0 Å². The molecule has 2 rings (SSSR count). The van der Waals surface area contributed by atoms with Crippen LogP contribution in [0.15, 0.2) is 12.1 Å². The van der Waals surface area contributed by atoms with Crippen LogP contribution in [-0.2, 0) is 0 Å². The second kappa shape index (κ2) is 4.86. The Labute approximate surface area is 110 Å². The molecular formula is C13H14N2O2S. The lowest BCUT2D eigenvalue weighted by molar-refractivity contribution is 0.104. The maximum atomic E-state index is 12.4. The third-order valence-corrected chi connectivity index (χ3v) is 3.67. The largest absolute Gasteiger partial charge is 0.496 e. The minimum absolute atomic E-state index is 0.0225. The third kappa shape index (κ3) is 2.13. The van der Waals surface area contributed by atoms with Gasteiger partial charge in [-0.1, -0.05) is 4.49 Å². The Morgan fingerprint density at radius 3 is 2.50 bits per heavy atom. The Morgan fingerprint density at radius 2 is 1.94 bits per heavy atom. The zero-order chi connectivity index (χ0) is 13.3. The molecule has 0 amide bonds. The van der Waals surface area contributed by atoms with E-state index in [2.05, 4.69) is 9.59 Å². The number of benzene rings is 1. The molecule has 0 spiro atoms. The number of carbonyl (C=O) groups is 1. The summed E-state index contributed by atoms with van der Waals surface area (Å²) in [4.78, 5) is 13.0. The summed E-state index contributed by atoms with van der Waals surface area (Å²) in [6.07, 6.45) is 0. The fourth-order valence-corrected chi connectivity index (χ4v) is 2.43. The standard InChI is InChI=1S/C13H14N2O2S/c1-7-6-11(17-4)8(2)5-10(7)12(16)13-9(3)14-15-18-13/h5-6H,1-4H3. The summed E-state index contributed by atoms with van der Waals surface area (Å²) >= 11 is 1.14. The Morgan fingerprint density at radius 1 is 1.22 bits per heavy atom. The number of rotatable bonds is 3. The minimum Gasteiger partial charge on any atom is -0.496 e. The van der Waals surface area contributed by atoms with Gasteiger partial charge in [0.1, 0.15) is 10.6 Å². The highest BCUT2D eigenvalue weighted by Crippen LogP contribution is 2.25. The summed E-state index contributed by atoms with van der Waals surface area (Å²) in [5, 5.41) is 3.87. The molecule has 1 aromatic heterocycles. The van der Waals surface area contributed by atoms with Crippen molar-refractivity contribution in [3.8, 4) is 5.75 Å². The molecule has 0 atom stereocenters. The van der Waals surface area contributed by atoms with E-state index in [-0.39, 0.29) is 5.78 Å². The lowest BCUT2D eigenvalue weighted by Gasteiger charge is -2.09. The van der Waals surface area contributed by atoms with Gasteiger partial charge < -0.3 is 4.74 Å². The van der Waals surface area contributed by atoms with E-state index in [1.54, 1.807) is 14.0 Å². The fraction of sp³-hybridized carbons (Fsp3) is 0.308. The SMILES string of the molecule is COc1cc(C)c(C(=O)c2snnc2C)cc1C. The molecule has 94 valence electrons. The Balaban J connectivity index is 2.49. The van der Waals surface area contributed by atoms with Crippen LogP contribution in [0.1, 0.15) is 32.1 Å². The minimum atomic E-state index is -0.0225. The molecule has 0 saturated heterocycles. The van der Waals surface area contributed by atoms with Gasteiger partial charge in [0.2, 0.25) is 5.78 Å². The van der Waals surface area contributed by atoms with E-state index in [1.165, 1.54) is 0 Å². The number of aromatic nitrogens is 2. The van der Waals surface area contributed by atoms with Gasteiger partial charge in [0.25, 0.3) is 0 Å². The topological polar surface area (TPSA) is 52.1 Å². The van der Waals surface area contributed by atoms with Crippen LogP contribution in [0.5, 0.6) is 5.75 Å². The lowest BCUT2D eigenvalue weighted by Crippen LogP contribution is -2.05. The van der Waals surface area contributed by atoms with Crippen molar-refractivity contribution in [1.82, 2.24) is 9.59 Å². The number of hydrogen-bond donors (Lipinski definition) is 0. The molecule has 0 bridgehead atoms. The highest BCUT2D eigenvalue weighted by molar-refractivity contribution is 7.08. The summed E-state index contributed by atoms with van der Waals surface area (Å²) in [6, 6.07) is 3.74. The van der Waals surface area contributed by atoms with Gasteiger partial charge in [0.15, 0.2) is 0 Å². The van der Waals surface area contributed by atoms with Crippen LogP contribution in [0.3, 0.4) is 0 Å². The lowest BCUT2D eigenvalue weighted by atomic mass is 10.00. The maximum absolute atomic E-state index is 12.4. The molecule has 0 aliphatic rings. The van der Waals surface area contributed by atoms with E-state index in [1.807, 2.05) is 26.0 Å². The second-order valence-electron chi connectivity index (χ2n) is 4.15. The third-order valence-electron chi connectivity index (χ3n) is 2.84. The molecule has 0 radical (unpaired) electrons. The van der Waals surface area contributed by atoms with E-state index in [4.69, 9.17) is 4.74 Å². The van der Waals surface area contributed by atoms with E-state index in [0.29, 0.717) is 16.1 Å². The van der Waals surface area contributed by atoms with Gasteiger partial charge in [0, 0.05) is 5.56 Å². The van der Waals surface area contributed by atoms with Crippen molar-refractivity contribution in [2.24, 2.45) is 0 Å². The second-order valence-corrected chi connectivity index (χ2v) is 4.91. The molecule has 0 aliphatic carbocycles. The molecule has 1 heterocycles. The summed E-state index contributed by atoms with van der Waals surface area (Å²) in [6.45, 7) is 5.62. The smallest absolute Gasteiger partial charge is 0.206 e. The van der Waals surface area contributed by atoms with Crippen molar-refractivity contribution < 1.29 is 9.53 Å². The zero-order valence-corrected chi connectivity index (χ0v) is 11.6. The number of carbonyl (C=O) groups excluding carboxylic acids is 1. The first-order chi connectivity index (χ1) is 8.54. The van der Waals surface area contributed by atoms with Crippen LogP contribution in [-0.4, -0.2) is 22.5 Å². The molecule has 0 fully saturated rings. The highest BCUT2D eigenvalue weighted by Gasteiger charge is 2.18. The van der Waals surface area contributed by atoms with Gasteiger partial charge in [-0.15, -0.1) is 5.10 Å². The first-order valence-corrected chi connectivity index (χ1v) is 6.30. The zero-order valence-electron chi connectivity index (χ0n) is 10.8. The van der Waals surface area contributed by atoms with Gasteiger partial charge >= 0.3 is 0 Å². The summed E-state index contributed by atoms with van der Waals surface area (Å²) < 4.78 is 9.04. The normalized spacial score (nSPS) is 10.4. The summed E-state index contributed by atoms with van der Waals surface area (Å²) in [5.41, 5.74) is 3.21. The highest BCUT2D eigenvalue weighted by atomic mass is 32.1.